The van der Waals surface area contributed by atoms with Gasteiger partial charge in [-0.15, -0.1) is 0 Å². The first-order chi connectivity index (χ1) is 7.79. The van der Waals surface area contributed by atoms with Crippen molar-refractivity contribution in [2.24, 2.45) is 0 Å². The van der Waals surface area contributed by atoms with Crippen LogP contribution in [0.1, 0.15) is 5.82 Å². The minimum absolute atomic E-state index is 0.0244. The van der Waals surface area contributed by atoms with Crippen molar-refractivity contribution in [3.8, 4) is 0 Å². The third kappa shape index (κ3) is 2.89. The lowest BCUT2D eigenvalue weighted by Crippen LogP contribution is -2.47. The van der Waals surface area contributed by atoms with E-state index < -0.39 is 0 Å². The van der Waals surface area contributed by atoms with E-state index in [1.165, 1.54) is 0 Å². The predicted molar refractivity (Wildman–Crippen MR) is 59.1 cm³/mol. The number of halogens is 1. The summed E-state index contributed by atoms with van der Waals surface area (Å²) in [5.74, 6) is 0.674. The fourth-order valence-electron chi connectivity index (χ4n) is 1.70. The highest BCUT2D eigenvalue weighted by molar-refractivity contribution is 6.29. The van der Waals surface area contributed by atoms with Crippen molar-refractivity contribution in [2.45, 2.75) is 12.6 Å². The van der Waals surface area contributed by atoms with Gasteiger partial charge in [0.15, 0.2) is 0 Å². The summed E-state index contributed by atoms with van der Waals surface area (Å²) in [5, 5.41) is 9.65. The fraction of sp³-hybridized carbons (Fsp3) is 0.600. The molecule has 1 aromatic heterocycles. The summed E-state index contributed by atoms with van der Waals surface area (Å²) in [4.78, 5) is 10.4. The van der Waals surface area contributed by atoms with Crippen LogP contribution in [0.2, 0.25) is 5.15 Å². The lowest BCUT2D eigenvalue weighted by atomic mass is 10.2. The van der Waals surface area contributed by atoms with Gasteiger partial charge in [-0.2, -0.15) is 0 Å². The third-order valence-corrected chi connectivity index (χ3v) is 2.79. The quantitative estimate of drug-likeness (QED) is 0.775. The molecular weight excluding hydrogens is 230 g/mol. The maximum absolute atomic E-state index is 9.21. The molecule has 0 spiro atoms. The van der Waals surface area contributed by atoms with Gasteiger partial charge in [-0.25, -0.2) is 9.97 Å². The van der Waals surface area contributed by atoms with Gasteiger partial charge in [0, 0.05) is 12.7 Å². The van der Waals surface area contributed by atoms with Crippen LogP contribution in [0, 0.1) is 0 Å². The van der Waals surface area contributed by atoms with Crippen LogP contribution in [-0.2, 0) is 11.3 Å². The molecule has 16 heavy (non-hydrogen) atoms. The summed E-state index contributed by atoms with van der Waals surface area (Å²) in [6.45, 7) is 2.69. The zero-order chi connectivity index (χ0) is 11.4. The van der Waals surface area contributed by atoms with E-state index in [-0.39, 0.29) is 12.6 Å². The van der Waals surface area contributed by atoms with Crippen molar-refractivity contribution in [3.05, 3.63) is 23.2 Å². The van der Waals surface area contributed by atoms with E-state index in [1.54, 1.807) is 12.3 Å². The molecule has 1 aliphatic heterocycles. The van der Waals surface area contributed by atoms with Gasteiger partial charge in [-0.05, 0) is 6.07 Å². The molecule has 1 N–H and O–H groups in total. The number of nitrogens with zero attached hydrogens (tertiary/aromatic N) is 3. The molecule has 1 saturated heterocycles. The van der Waals surface area contributed by atoms with Crippen LogP contribution in [-0.4, -0.2) is 52.4 Å². The average molecular weight is 244 g/mol. The number of morpholine rings is 1. The molecule has 0 aliphatic carbocycles. The van der Waals surface area contributed by atoms with Gasteiger partial charge >= 0.3 is 0 Å². The van der Waals surface area contributed by atoms with Gasteiger partial charge < -0.3 is 9.84 Å². The SMILES string of the molecule is OC[C@@H]1COCCN1Cc1nccc(Cl)n1. The van der Waals surface area contributed by atoms with Crippen LogP contribution in [0.15, 0.2) is 12.3 Å². The Bertz CT molecular complexity index is 351. The molecule has 0 unspecified atom stereocenters. The molecule has 1 aromatic rings. The topological polar surface area (TPSA) is 58.5 Å². The standard InChI is InChI=1S/C10H14ClN3O2/c11-9-1-2-12-10(13-9)5-14-3-4-16-7-8(14)6-15/h1-2,8,15H,3-7H2/t8-/m1/s1. The molecule has 5 nitrogen and oxygen atoms in total. The lowest BCUT2D eigenvalue weighted by Gasteiger charge is -2.33. The van der Waals surface area contributed by atoms with E-state index in [4.69, 9.17) is 16.3 Å². The van der Waals surface area contributed by atoms with Crippen molar-refractivity contribution in [1.82, 2.24) is 14.9 Å². The Labute approximate surface area is 99.0 Å². The Morgan fingerprint density at radius 3 is 3.25 bits per heavy atom. The first kappa shape index (κ1) is 11.7. The molecule has 2 heterocycles. The maximum Gasteiger partial charge on any atom is 0.143 e. The van der Waals surface area contributed by atoms with Crippen LogP contribution in [0.25, 0.3) is 0 Å². The Kier molecular flexibility index (Phi) is 4.06. The lowest BCUT2D eigenvalue weighted by molar-refractivity contribution is -0.0322. The molecule has 2 rings (SSSR count). The number of ether oxygens (including phenoxy) is 1. The van der Waals surface area contributed by atoms with Gasteiger partial charge in [0.25, 0.3) is 0 Å². The zero-order valence-corrected chi connectivity index (χ0v) is 9.60. The van der Waals surface area contributed by atoms with Crippen molar-refractivity contribution in [2.75, 3.05) is 26.4 Å². The molecule has 88 valence electrons. The largest absolute Gasteiger partial charge is 0.395 e. The van der Waals surface area contributed by atoms with Gasteiger partial charge in [0.05, 0.1) is 32.4 Å². The van der Waals surface area contributed by atoms with Crippen LogP contribution in [0.3, 0.4) is 0 Å². The third-order valence-electron chi connectivity index (χ3n) is 2.58. The molecule has 6 heteroatoms. The van der Waals surface area contributed by atoms with Crippen LogP contribution >= 0.6 is 11.6 Å². The van der Waals surface area contributed by atoms with Gasteiger partial charge in [0.1, 0.15) is 11.0 Å². The predicted octanol–water partition coefficient (Wildman–Crippen LogP) is 0.323. The molecule has 1 aliphatic rings. The van der Waals surface area contributed by atoms with E-state index in [1.807, 2.05) is 0 Å². The van der Waals surface area contributed by atoms with Gasteiger partial charge in [-0.1, -0.05) is 11.6 Å². The molecule has 0 radical (unpaired) electrons. The van der Waals surface area contributed by atoms with E-state index in [0.29, 0.717) is 30.7 Å². The highest BCUT2D eigenvalue weighted by Crippen LogP contribution is 2.11. The Hall–Kier alpha value is -0.750. The summed E-state index contributed by atoms with van der Waals surface area (Å²) in [5.41, 5.74) is 0. The van der Waals surface area contributed by atoms with Crippen LogP contribution in [0.5, 0.6) is 0 Å². The Morgan fingerprint density at radius 2 is 2.50 bits per heavy atom. The normalized spacial score (nSPS) is 22.2. The molecule has 0 amide bonds. The van der Waals surface area contributed by atoms with E-state index in [2.05, 4.69) is 14.9 Å². The van der Waals surface area contributed by atoms with Gasteiger partial charge in [0.2, 0.25) is 0 Å². The molecule has 0 saturated carbocycles. The minimum Gasteiger partial charge on any atom is -0.395 e. The number of aliphatic hydroxyl groups is 1. The fourth-order valence-corrected chi connectivity index (χ4v) is 1.85. The maximum atomic E-state index is 9.21. The second-order valence-corrected chi connectivity index (χ2v) is 4.06. The second kappa shape index (κ2) is 5.54. The molecule has 0 bridgehead atoms. The molecule has 1 fully saturated rings. The molecular formula is C10H14ClN3O2. The number of aromatic nitrogens is 2. The molecule has 1 atom stereocenters. The van der Waals surface area contributed by atoms with E-state index >= 15 is 0 Å². The van der Waals surface area contributed by atoms with Crippen molar-refractivity contribution < 1.29 is 9.84 Å². The summed E-state index contributed by atoms with van der Waals surface area (Å²) >= 11 is 5.79. The first-order valence-corrected chi connectivity index (χ1v) is 5.57. The molecule has 0 aromatic carbocycles. The van der Waals surface area contributed by atoms with Crippen LogP contribution < -0.4 is 0 Å². The summed E-state index contributed by atoms with van der Waals surface area (Å²) in [6.07, 6.45) is 1.64. The number of rotatable bonds is 3. The van der Waals surface area contributed by atoms with E-state index in [9.17, 15) is 5.11 Å². The van der Waals surface area contributed by atoms with Crippen molar-refractivity contribution >= 4 is 11.6 Å². The van der Waals surface area contributed by atoms with E-state index in [0.717, 1.165) is 6.54 Å². The van der Waals surface area contributed by atoms with Gasteiger partial charge in [-0.3, -0.25) is 4.90 Å². The number of hydrogen-bond acceptors (Lipinski definition) is 5. The second-order valence-electron chi connectivity index (χ2n) is 3.68. The highest BCUT2D eigenvalue weighted by Gasteiger charge is 2.22. The van der Waals surface area contributed by atoms with Crippen molar-refractivity contribution in [1.29, 1.82) is 0 Å². The summed E-state index contributed by atoms with van der Waals surface area (Å²) in [6, 6.07) is 1.67. The number of aliphatic hydroxyl groups excluding tert-OH is 1. The zero-order valence-electron chi connectivity index (χ0n) is 8.84. The summed E-state index contributed by atoms with van der Waals surface area (Å²) < 4.78 is 5.30. The average Bonchev–Trinajstić information content (AvgIpc) is 2.30. The monoisotopic (exact) mass is 243 g/mol. The number of hydrogen-bond donors (Lipinski definition) is 1. The minimum atomic E-state index is 0.0244. The smallest absolute Gasteiger partial charge is 0.143 e. The Morgan fingerprint density at radius 1 is 1.62 bits per heavy atom. The van der Waals surface area contributed by atoms with Crippen molar-refractivity contribution in [3.63, 3.8) is 0 Å². The summed E-state index contributed by atoms with van der Waals surface area (Å²) in [7, 11) is 0. The first-order valence-electron chi connectivity index (χ1n) is 5.19. The highest BCUT2D eigenvalue weighted by atomic mass is 35.5. The van der Waals surface area contributed by atoms with Crippen LogP contribution in [0.4, 0.5) is 0 Å². The Balaban J connectivity index is 2.02.